The standard InChI is InChI=1S/C24H32N2O4/c1-15-4-3-5-20(6-15)22(28)26-16(2)23(29)30-13-21(27)25-14-24-10-17-7-18(11-24)9-19(8-17)12-24/h3-6,16-19H,7-14H2,1-2H3,(H,25,27)(H,26,28)/t16-,17?,18?,19?,24?/m0/s1. The third-order valence-corrected chi connectivity index (χ3v) is 7.15. The summed E-state index contributed by atoms with van der Waals surface area (Å²) in [5.41, 5.74) is 1.71. The van der Waals surface area contributed by atoms with E-state index in [4.69, 9.17) is 4.74 Å². The first-order valence-electron chi connectivity index (χ1n) is 11.1. The molecule has 4 bridgehead atoms. The van der Waals surface area contributed by atoms with E-state index in [-0.39, 0.29) is 23.8 Å². The van der Waals surface area contributed by atoms with Gasteiger partial charge in [-0.25, -0.2) is 4.79 Å². The van der Waals surface area contributed by atoms with E-state index in [0.717, 1.165) is 23.3 Å². The molecule has 1 atom stereocenters. The Labute approximate surface area is 178 Å². The summed E-state index contributed by atoms with van der Waals surface area (Å²) >= 11 is 0. The summed E-state index contributed by atoms with van der Waals surface area (Å²) in [6, 6.07) is 6.32. The Morgan fingerprint density at radius 3 is 2.33 bits per heavy atom. The Kier molecular flexibility index (Phi) is 5.85. The summed E-state index contributed by atoms with van der Waals surface area (Å²) in [7, 11) is 0. The highest BCUT2D eigenvalue weighted by molar-refractivity contribution is 5.97. The molecule has 4 aliphatic rings. The maximum absolute atomic E-state index is 12.3. The minimum absolute atomic E-state index is 0.253. The lowest BCUT2D eigenvalue weighted by molar-refractivity contribution is -0.150. The molecule has 4 fully saturated rings. The number of ether oxygens (including phenoxy) is 1. The van der Waals surface area contributed by atoms with Gasteiger partial charge in [-0.1, -0.05) is 17.7 Å². The first-order valence-corrected chi connectivity index (χ1v) is 11.1. The molecule has 6 heteroatoms. The number of esters is 1. The largest absolute Gasteiger partial charge is 0.454 e. The van der Waals surface area contributed by atoms with Crippen LogP contribution >= 0.6 is 0 Å². The maximum Gasteiger partial charge on any atom is 0.328 e. The third kappa shape index (κ3) is 4.68. The highest BCUT2D eigenvalue weighted by atomic mass is 16.5. The van der Waals surface area contributed by atoms with Gasteiger partial charge in [0.15, 0.2) is 6.61 Å². The van der Waals surface area contributed by atoms with Gasteiger partial charge in [0, 0.05) is 12.1 Å². The molecule has 4 saturated carbocycles. The minimum Gasteiger partial charge on any atom is -0.454 e. The molecule has 0 aliphatic heterocycles. The first kappa shape index (κ1) is 20.9. The van der Waals surface area contributed by atoms with E-state index in [9.17, 15) is 14.4 Å². The molecule has 162 valence electrons. The number of nitrogens with one attached hydrogen (secondary N) is 2. The maximum atomic E-state index is 12.3. The fourth-order valence-corrected chi connectivity index (χ4v) is 6.23. The highest BCUT2D eigenvalue weighted by Gasteiger charge is 2.50. The highest BCUT2D eigenvalue weighted by Crippen LogP contribution is 2.59. The van der Waals surface area contributed by atoms with E-state index in [1.807, 2.05) is 13.0 Å². The van der Waals surface area contributed by atoms with Gasteiger partial charge in [0.1, 0.15) is 6.04 Å². The number of carbonyl (C=O) groups is 3. The summed E-state index contributed by atoms with van der Waals surface area (Å²) < 4.78 is 5.13. The third-order valence-electron chi connectivity index (χ3n) is 7.15. The number of rotatable bonds is 7. The summed E-state index contributed by atoms with van der Waals surface area (Å²) in [5, 5.41) is 5.63. The number of carbonyl (C=O) groups excluding carboxylic acids is 3. The molecule has 2 amide bonds. The van der Waals surface area contributed by atoms with Crippen LogP contribution < -0.4 is 10.6 Å². The van der Waals surface area contributed by atoms with Crippen molar-refractivity contribution < 1.29 is 19.1 Å². The zero-order valence-electron chi connectivity index (χ0n) is 17.9. The van der Waals surface area contributed by atoms with Crippen LogP contribution in [0.2, 0.25) is 0 Å². The molecule has 0 spiro atoms. The second-order valence-electron chi connectivity index (χ2n) is 9.87. The molecule has 30 heavy (non-hydrogen) atoms. The van der Waals surface area contributed by atoms with Crippen LogP contribution in [0.5, 0.6) is 0 Å². The van der Waals surface area contributed by atoms with Crippen LogP contribution in [-0.2, 0) is 14.3 Å². The lowest BCUT2D eigenvalue weighted by Crippen LogP contribution is -2.51. The van der Waals surface area contributed by atoms with Gasteiger partial charge in [0.2, 0.25) is 0 Å². The van der Waals surface area contributed by atoms with Crippen LogP contribution in [0, 0.1) is 30.1 Å². The van der Waals surface area contributed by atoms with Crippen LogP contribution in [0.25, 0.3) is 0 Å². The molecule has 0 aromatic heterocycles. The van der Waals surface area contributed by atoms with Crippen molar-refractivity contribution >= 4 is 17.8 Å². The van der Waals surface area contributed by atoms with Crippen LogP contribution in [-0.4, -0.2) is 37.0 Å². The van der Waals surface area contributed by atoms with Crippen molar-refractivity contribution in [2.45, 2.75) is 58.4 Å². The van der Waals surface area contributed by atoms with Crippen LogP contribution in [0.3, 0.4) is 0 Å². The Hall–Kier alpha value is -2.37. The van der Waals surface area contributed by atoms with Crippen molar-refractivity contribution in [1.29, 1.82) is 0 Å². The SMILES string of the molecule is Cc1cccc(C(=O)N[C@@H](C)C(=O)OCC(=O)NCC23CC4CC(CC(C4)C2)C3)c1. The number of benzene rings is 1. The molecule has 4 aliphatic carbocycles. The molecule has 1 aromatic carbocycles. The van der Waals surface area contributed by atoms with E-state index in [0.29, 0.717) is 12.1 Å². The minimum atomic E-state index is -0.825. The predicted molar refractivity (Wildman–Crippen MR) is 113 cm³/mol. The van der Waals surface area contributed by atoms with E-state index in [2.05, 4.69) is 10.6 Å². The van der Waals surface area contributed by atoms with Crippen molar-refractivity contribution in [3.05, 3.63) is 35.4 Å². The predicted octanol–water partition coefficient (Wildman–Crippen LogP) is 2.99. The van der Waals surface area contributed by atoms with Crippen LogP contribution in [0.4, 0.5) is 0 Å². The second-order valence-corrected chi connectivity index (χ2v) is 9.87. The van der Waals surface area contributed by atoms with E-state index in [1.54, 1.807) is 25.1 Å². The van der Waals surface area contributed by atoms with Gasteiger partial charge in [-0.15, -0.1) is 0 Å². The molecule has 0 radical (unpaired) electrons. The smallest absolute Gasteiger partial charge is 0.328 e. The summed E-state index contributed by atoms with van der Waals surface area (Å²) in [4.78, 5) is 36.7. The van der Waals surface area contributed by atoms with Gasteiger partial charge in [-0.3, -0.25) is 9.59 Å². The van der Waals surface area contributed by atoms with Crippen molar-refractivity contribution in [1.82, 2.24) is 10.6 Å². The fourth-order valence-electron chi connectivity index (χ4n) is 6.23. The number of hydrogen-bond acceptors (Lipinski definition) is 4. The van der Waals surface area contributed by atoms with E-state index in [1.165, 1.54) is 38.5 Å². The molecule has 0 saturated heterocycles. The number of amides is 2. The van der Waals surface area contributed by atoms with Gasteiger partial charge >= 0.3 is 5.97 Å². The Morgan fingerprint density at radius 2 is 1.73 bits per heavy atom. The van der Waals surface area contributed by atoms with Gasteiger partial charge in [-0.2, -0.15) is 0 Å². The molecular weight excluding hydrogens is 380 g/mol. The van der Waals surface area contributed by atoms with Crippen LogP contribution in [0.15, 0.2) is 24.3 Å². The Balaban J connectivity index is 1.20. The van der Waals surface area contributed by atoms with Crippen molar-refractivity contribution in [3.63, 3.8) is 0 Å². The molecule has 0 heterocycles. The molecule has 6 nitrogen and oxygen atoms in total. The summed E-state index contributed by atoms with van der Waals surface area (Å²) in [6.45, 7) is 3.84. The second kappa shape index (κ2) is 8.40. The average Bonchev–Trinajstić information content (AvgIpc) is 2.69. The average molecular weight is 413 g/mol. The zero-order valence-corrected chi connectivity index (χ0v) is 17.9. The molecule has 1 aromatic rings. The Morgan fingerprint density at radius 1 is 1.10 bits per heavy atom. The fraction of sp³-hybridized carbons (Fsp3) is 0.625. The lowest BCUT2D eigenvalue weighted by Gasteiger charge is -2.56. The van der Waals surface area contributed by atoms with E-state index >= 15 is 0 Å². The number of aryl methyl sites for hydroxylation is 1. The molecule has 0 unspecified atom stereocenters. The summed E-state index contributed by atoms with van der Waals surface area (Å²) in [5.74, 6) is 1.29. The van der Waals surface area contributed by atoms with Gasteiger partial charge in [0.25, 0.3) is 11.8 Å². The normalized spacial score (nSPS) is 29.9. The molecule has 2 N–H and O–H groups in total. The van der Waals surface area contributed by atoms with Gasteiger partial charge in [0.05, 0.1) is 0 Å². The lowest BCUT2D eigenvalue weighted by atomic mass is 9.49. The van der Waals surface area contributed by atoms with Crippen molar-refractivity contribution in [3.8, 4) is 0 Å². The van der Waals surface area contributed by atoms with Crippen molar-refractivity contribution in [2.24, 2.45) is 23.2 Å². The van der Waals surface area contributed by atoms with E-state index < -0.39 is 12.0 Å². The molecular formula is C24H32N2O4. The zero-order chi connectivity index (χ0) is 21.3. The van der Waals surface area contributed by atoms with Crippen LogP contribution in [0.1, 0.15) is 61.4 Å². The van der Waals surface area contributed by atoms with Gasteiger partial charge in [-0.05, 0) is 87.7 Å². The summed E-state index contributed by atoms with van der Waals surface area (Å²) in [6.07, 6.45) is 7.79. The quantitative estimate of drug-likeness (QED) is 0.675. The molecule has 5 rings (SSSR count). The Bertz CT molecular complexity index is 799. The topological polar surface area (TPSA) is 84.5 Å². The monoisotopic (exact) mass is 412 g/mol. The first-order chi connectivity index (χ1) is 14.3. The van der Waals surface area contributed by atoms with Gasteiger partial charge < -0.3 is 15.4 Å². The van der Waals surface area contributed by atoms with Crippen molar-refractivity contribution in [2.75, 3.05) is 13.2 Å². The number of hydrogen-bond donors (Lipinski definition) is 2.